The molecule has 5 nitrogen and oxygen atoms in total. The third-order valence-corrected chi connectivity index (χ3v) is 2.04. The molecule has 0 saturated carbocycles. The van der Waals surface area contributed by atoms with Crippen LogP contribution in [0, 0.1) is 12.2 Å². The van der Waals surface area contributed by atoms with Crippen molar-refractivity contribution in [1.29, 1.82) is 0 Å². The van der Waals surface area contributed by atoms with Crippen molar-refractivity contribution in [2.45, 2.75) is 19.4 Å². The van der Waals surface area contributed by atoms with Gasteiger partial charge in [-0.3, -0.25) is 0 Å². The number of hydrogen-bond donors (Lipinski definition) is 0. The zero-order valence-electron chi connectivity index (χ0n) is 6.81. The lowest BCUT2D eigenvalue weighted by Gasteiger charge is -2.20. The maximum Gasteiger partial charge on any atom is 0.221 e. The lowest BCUT2D eigenvalue weighted by molar-refractivity contribution is 0.0467. The van der Waals surface area contributed by atoms with Crippen LogP contribution >= 0.6 is 0 Å². The predicted octanol–water partition coefficient (Wildman–Crippen LogP) is -0.100. The van der Waals surface area contributed by atoms with Gasteiger partial charge in [-0.15, -0.1) is 5.10 Å². The first-order valence-corrected chi connectivity index (χ1v) is 4.17. The molecule has 1 aliphatic rings. The summed E-state index contributed by atoms with van der Waals surface area (Å²) >= 11 is 0. The third-order valence-electron chi connectivity index (χ3n) is 2.04. The first kappa shape index (κ1) is 7.67. The summed E-state index contributed by atoms with van der Waals surface area (Å²) in [4.78, 5) is 0. The molecule has 5 heteroatoms. The highest BCUT2D eigenvalue weighted by Crippen LogP contribution is 2.14. The largest absolute Gasteiger partial charge is 0.381 e. The fourth-order valence-corrected chi connectivity index (χ4v) is 1.43. The summed E-state index contributed by atoms with van der Waals surface area (Å²) in [7, 11) is 0. The SMILES string of the molecule is [c]1nnnn1CC1CCCOC1. The molecular formula is C7H11N4O. The van der Waals surface area contributed by atoms with Gasteiger partial charge in [0.2, 0.25) is 6.33 Å². The highest BCUT2D eigenvalue weighted by atomic mass is 16.5. The van der Waals surface area contributed by atoms with Crippen molar-refractivity contribution in [2.75, 3.05) is 13.2 Å². The lowest BCUT2D eigenvalue weighted by atomic mass is 10.0. The lowest BCUT2D eigenvalue weighted by Crippen LogP contribution is -2.22. The monoisotopic (exact) mass is 167 g/mol. The van der Waals surface area contributed by atoms with Crippen LogP contribution in [0.3, 0.4) is 0 Å². The molecule has 1 saturated heterocycles. The van der Waals surface area contributed by atoms with Gasteiger partial charge in [0.05, 0.1) is 13.2 Å². The average Bonchev–Trinajstić information content (AvgIpc) is 2.59. The molecule has 12 heavy (non-hydrogen) atoms. The number of aromatic nitrogens is 4. The van der Waals surface area contributed by atoms with Crippen molar-refractivity contribution in [3.05, 3.63) is 6.33 Å². The van der Waals surface area contributed by atoms with Crippen LogP contribution < -0.4 is 0 Å². The number of tetrazole rings is 1. The van der Waals surface area contributed by atoms with E-state index in [9.17, 15) is 0 Å². The minimum absolute atomic E-state index is 0.554. The Balaban J connectivity index is 1.86. The van der Waals surface area contributed by atoms with Crippen LogP contribution in [0.2, 0.25) is 0 Å². The third kappa shape index (κ3) is 1.79. The van der Waals surface area contributed by atoms with Crippen LogP contribution in [-0.4, -0.2) is 33.4 Å². The van der Waals surface area contributed by atoms with Crippen LogP contribution in [0.15, 0.2) is 0 Å². The summed E-state index contributed by atoms with van der Waals surface area (Å²) in [5.41, 5.74) is 0. The molecule has 1 unspecified atom stereocenters. The van der Waals surface area contributed by atoms with Gasteiger partial charge in [0.1, 0.15) is 0 Å². The van der Waals surface area contributed by atoms with E-state index in [1.54, 1.807) is 4.68 Å². The van der Waals surface area contributed by atoms with Crippen molar-refractivity contribution in [3.63, 3.8) is 0 Å². The Kier molecular flexibility index (Phi) is 2.31. The second kappa shape index (κ2) is 3.62. The molecule has 2 heterocycles. The van der Waals surface area contributed by atoms with Crippen molar-refractivity contribution >= 4 is 0 Å². The Bertz CT molecular complexity index is 217. The molecule has 2 rings (SSSR count). The van der Waals surface area contributed by atoms with E-state index in [2.05, 4.69) is 21.9 Å². The fourth-order valence-electron chi connectivity index (χ4n) is 1.43. The van der Waals surface area contributed by atoms with Gasteiger partial charge >= 0.3 is 0 Å². The van der Waals surface area contributed by atoms with Crippen molar-refractivity contribution in [2.24, 2.45) is 5.92 Å². The molecule has 0 spiro atoms. The van der Waals surface area contributed by atoms with Gasteiger partial charge in [-0.1, -0.05) is 0 Å². The first-order valence-electron chi connectivity index (χ1n) is 4.17. The van der Waals surface area contributed by atoms with Gasteiger partial charge in [0.25, 0.3) is 0 Å². The molecular weight excluding hydrogens is 156 g/mol. The number of ether oxygens (including phenoxy) is 1. The second-order valence-electron chi connectivity index (χ2n) is 3.04. The minimum Gasteiger partial charge on any atom is -0.381 e. The summed E-state index contributed by atoms with van der Waals surface area (Å²) in [5, 5.41) is 10.7. The van der Waals surface area contributed by atoms with Gasteiger partial charge in [-0.05, 0) is 23.3 Å². The second-order valence-corrected chi connectivity index (χ2v) is 3.04. The highest BCUT2D eigenvalue weighted by Gasteiger charge is 2.14. The fraction of sp³-hybridized carbons (Fsp3) is 0.857. The normalized spacial score (nSPS) is 24.2. The van der Waals surface area contributed by atoms with Gasteiger partial charge in [0.15, 0.2) is 0 Å². The Hall–Kier alpha value is -0.970. The molecule has 1 aromatic rings. The number of hydrogen-bond acceptors (Lipinski definition) is 4. The van der Waals surface area contributed by atoms with E-state index in [4.69, 9.17) is 4.74 Å². The first-order chi connectivity index (χ1) is 5.95. The van der Waals surface area contributed by atoms with Gasteiger partial charge in [0, 0.05) is 12.5 Å². The van der Waals surface area contributed by atoms with E-state index in [1.807, 2.05) is 0 Å². The molecule has 1 fully saturated rings. The summed E-state index contributed by atoms with van der Waals surface area (Å²) < 4.78 is 6.97. The summed E-state index contributed by atoms with van der Waals surface area (Å²) in [6.45, 7) is 2.55. The highest BCUT2D eigenvalue weighted by molar-refractivity contribution is 4.62. The molecule has 65 valence electrons. The summed E-state index contributed by atoms with van der Waals surface area (Å²) in [6, 6.07) is 0. The van der Waals surface area contributed by atoms with E-state index in [0.29, 0.717) is 5.92 Å². The van der Waals surface area contributed by atoms with E-state index < -0.39 is 0 Å². The van der Waals surface area contributed by atoms with E-state index >= 15 is 0 Å². The maximum absolute atomic E-state index is 5.34. The quantitative estimate of drug-likeness (QED) is 0.617. The molecule has 1 aromatic heterocycles. The maximum atomic E-state index is 5.34. The zero-order chi connectivity index (χ0) is 8.23. The molecule has 0 aromatic carbocycles. The minimum atomic E-state index is 0.554. The molecule has 0 N–H and O–H groups in total. The Morgan fingerprint density at radius 2 is 2.58 bits per heavy atom. The van der Waals surface area contributed by atoms with Crippen molar-refractivity contribution in [1.82, 2.24) is 20.2 Å². The van der Waals surface area contributed by atoms with Crippen LogP contribution in [0.25, 0.3) is 0 Å². The van der Waals surface area contributed by atoms with E-state index in [1.165, 1.54) is 6.42 Å². The van der Waals surface area contributed by atoms with Crippen LogP contribution in [-0.2, 0) is 11.3 Å². The smallest absolute Gasteiger partial charge is 0.221 e. The van der Waals surface area contributed by atoms with Crippen molar-refractivity contribution in [3.8, 4) is 0 Å². The predicted molar refractivity (Wildman–Crippen MR) is 40.2 cm³/mol. The van der Waals surface area contributed by atoms with Gasteiger partial charge in [-0.25, -0.2) is 4.68 Å². The molecule has 1 radical (unpaired) electrons. The Labute approximate surface area is 70.7 Å². The van der Waals surface area contributed by atoms with E-state index in [0.717, 1.165) is 26.2 Å². The molecule has 1 aliphatic heterocycles. The molecule has 0 aliphatic carbocycles. The zero-order valence-corrected chi connectivity index (χ0v) is 6.81. The van der Waals surface area contributed by atoms with Crippen LogP contribution in [0.4, 0.5) is 0 Å². The topological polar surface area (TPSA) is 52.8 Å². The summed E-state index contributed by atoms with van der Waals surface area (Å²) in [5.74, 6) is 0.554. The van der Waals surface area contributed by atoms with Crippen LogP contribution in [0.5, 0.6) is 0 Å². The molecule has 0 amide bonds. The molecule has 0 bridgehead atoms. The standard InChI is InChI=1S/C7H11N4O/c1-2-7(5-12-3-1)4-11-6-8-9-10-11/h7H,1-5H2. The number of nitrogens with zero attached hydrogens (tertiary/aromatic N) is 4. The van der Waals surface area contributed by atoms with Gasteiger partial charge < -0.3 is 4.74 Å². The number of rotatable bonds is 2. The van der Waals surface area contributed by atoms with E-state index in [-0.39, 0.29) is 0 Å². The Morgan fingerprint density at radius 3 is 3.25 bits per heavy atom. The Morgan fingerprint density at radius 1 is 1.58 bits per heavy atom. The van der Waals surface area contributed by atoms with Crippen LogP contribution in [0.1, 0.15) is 12.8 Å². The van der Waals surface area contributed by atoms with Crippen molar-refractivity contribution < 1.29 is 4.74 Å². The average molecular weight is 167 g/mol. The van der Waals surface area contributed by atoms with Gasteiger partial charge in [-0.2, -0.15) is 0 Å². The summed E-state index contributed by atoms with van der Waals surface area (Å²) in [6.07, 6.45) is 5.02. The molecule has 1 atom stereocenters.